The van der Waals surface area contributed by atoms with Crippen LogP contribution < -0.4 is 4.74 Å². The van der Waals surface area contributed by atoms with Gasteiger partial charge in [0.05, 0.1) is 7.11 Å². The third-order valence-electron chi connectivity index (χ3n) is 2.96. The summed E-state index contributed by atoms with van der Waals surface area (Å²) in [5, 5.41) is 10.3. The van der Waals surface area contributed by atoms with E-state index in [9.17, 15) is 9.90 Å². The minimum atomic E-state index is -0.0207. The largest absolute Gasteiger partial charge is 0.504 e. The van der Waals surface area contributed by atoms with Gasteiger partial charge in [-0.3, -0.25) is 4.79 Å². The zero-order valence-corrected chi connectivity index (χ0v) is 12.3. The number of carbonyl (C=O) groups is 1. The van der Waals surface area contributed by atoms with Crippen LogP contribution in [0.3, 0.4) is 0 Å². The lowest BCUT2D eigenvalue weighted by Gasteiger charge is -2.03. The number of hydrogen-bond acceptors (Lipinski definition) is 3. The van der Waals surface area contributed by atoms with Crippen LogP contribution in [-0.4, -0.2) is 18.0 Å². The lowest BCUT2D eigenvalue weighted by atomic mass is 10.1. The molecular formula is C17H15ClO3. The van der Waals surface area contributed by atoms with Crippen molar-refractivity contribution < 1.29 is 14.6 Å². The highest BCUT2D eigenvalue weighted by molar-refractivity contribution is 6.30. The van der Waals surface area contributed by atoms with Gasteiger partial charge in [-0.1, -0.05) is 35.9 Å². The second-order valence-electron chi connectivity index (χ2n) is 4.53. The maximum Gasteiger partial charge on any atom is 0.160 e. The first-order valence-corrected chi connectivity index (χ1v) is 6.78. The number of carbonyl (C=O) groups excluding carboxylic acids is 1. The molecule has 0 bridgehead atoms. The number of ketones is 1. The van der Waals surface area contributed by atoms with E-state index in [-0.39, 0.29) is 11.5 Å². The van der Waals surface area contributed by atoms with E-state index >= 15 is 0 Å². The van der Waals surface area contributed by atoms with Crippen LogP contribution >= 0.6 is 11.6 Å². The summed E-state index contributed by atoms with van der Waals surface area (Å²) in [6.45, 7) is 0. The molecule has 3 nitrogen and oxygen atoms in total. The van der Waals surface area contributed by atoms with Gasteiger partial charge in [-0.15, -0.1) is 0 Å². The fraction of sp³-hybridized carbons (Fsp3) is 0.118. The predicted molar refractivity (Wildman–Crippen MR) is 83.9 cm³/mol. The summed E-state index contributed by atoms with van der Waals surface area (Å²) in [5.41, 5.74) is 1.64. The molecule has 0 saturated heterocycles. The third kappa shape index (κ3) is 4.36. The second-order valence-corrected chi connectivity index (χ2v) is 4.97. The van der Waals surface area contributed by atoms with Gasteiger partial charge in [0.1, 0.15) is 0 Å². The summed E-state index contributed by atoms with van der Waals surface area (Å²) in [7, 11) is 1.49. The molecule has 0 saturated carbocycles. The van der Waals surface area contributed by atoms with Crippen LogP contribution in [0, 0.1) is 0 Å². The van der Waals surface area contributed by atoms with Gasteiger partial charge < -0.3 is 9.84 Å². The van der Waals surface area contributed by atoms with Crippen LogP contribution in [0.5, 0.6) is 11.5 Å². The van der Waals surface area contributed by atoms with Crippen molar-refractivity contribution >= 4 is 23.5 Å². The van der Waals surface area contributed by atoms with E-state index in [1.54, 1.807) is 36.4 Å². The summed E-state index contributed by atoms with van der Waals surface area (Å²) in [6, 6.07) is 12.1. The van der Waals surface area contributed by atoms with Crippen LogP contribution in [0.2, 0.25) is 5.02 Å². The zero-order valence-electron chi connectivity index (χ0n) is 11.5. The Morgan fingerprint density at radius 3 is 2.57 bits per heavy atom. The van der Waals surface area contributed by atoms with Crippen LogP contribution in [0.1, 0.15) is 11.1 Å². The molecule has 0 heterocycles. The molecule has 0 radical (unpaired) electrons. The molecular weight excluding hydrogens is 288 g/mol. The maximum absolute atomic E-state index is 11.9. The summed E-state index contributed by atoms with van der Waals surface area (Å²) in [4.78, 5) is 11.9. The van der Waals surface area contributed by atoms with Gasteiger partial charge in [0.15, 0.2) is 17.3 Å². The Labute approximate surface area is 128 Å². The van der Waals surface area contributed by atoms with Crippen molar-refractivity contribution in [1.82, 2.24) is 0 Å². The number of phenols is 1. The predicted octanol–water partition coefficient (Wildman–Crippen LogP) is 3.88. The molecule has 0 unspecified atom stereocenters. The molecule has 0 aliphatic carbocycles. The fourth-order valence-electron chi connectivity index (χ4n) is 1.86. The first kappa shape index (κ1) is 15.1. The monoisotopic (exact) mass is 302 g/mol. The Kier molecular flexibility index (Phi) is 5.01. The molecule has 21 heavy (non-hydrogen) atoms. The van der Waals surface area contributed by atoms with E-state index in [2.05, 4.69) is 0 Å². The van der Waals surface area contributed by atoms with Gasteiger partial charge in [0, 0.05) is 11.4 Å². The first-order chi connectivity index (χ1) is 10.1. The quantitative estimate of drug-likeness (QED) is 0.853. The smallest absolute Gasteiger partial charge is 0.160 e. The number of halogens is 1. The topological polar surface area (TPSA) is 46.5 Å². The standard InChI is InChI=1S/C17H15ClO3/c1-21-17-9-5-13(11-16(17)20)4-8-15(19)10-12-2-6-14(18)7-3-12/h2-9,11,20H,10H2,1H3/b8-4+. The molecule has 108 valence electrons. The van der Waals surface area contributed by atoms with E-state index in [4.69, 9.17) is 16.3 Å². The van der Waals surface area contributed by atoms with Crippen molar-refractivity contribution in [3.8, 4) is 11.5 Å². The lowest BCUT2D eigenvalue weighted by Crippen LogP contribution is -1.97. The summed E-state index contributed by atoms with van der Waals surface area (Å²) in [6.07, 6.45) is 3.48. The summed E-state index contributed by atoms with van der Waals surface area (Å²) < 4.78 is 4.96. The van der Waals surface area contributed by atoms with Gasteiger partial charge in [-0.2, -0.15) is 0 Å². The van der Waals surface area contributed by atoms with E-state index in [1.807, 2.05) is 12.1 Å². The summed E-state index contributed by atoms with van der Waals surface area (Å²) in [5.74, 6) is 0.428. The highest BCUT2D eigenvalue weighted by atomic mass is 35.5. The minimum Gasteiger partial charge on any atom is -0.504 e. The number of methoxy groups -OCH3 is 1. The maximum atomic E-state index is 11.9. The molecule has 0 spiro atoms. The van der Waals surface area contributed by atoms with Crippen molar-refractivity contribution in [2.24, 2.45) is 0 Å². The first-order valence-electron chi connectivity index (χ1n) is 6.41. The number of rotatable bonds is 5. The van der Waals surface area contributed by atoms with Crippen LogP contribution in [0.4, 0.5) is 0 Å². The lowest BCUT2D eigenvalue weighted by molar-refractivity contribution is -0.113. The van der Waals surface area contributed by atoms with E-state index in [1.165, 1.54) is 13.2 Å². The zero-order chi connectivity index (χ0) is 15.2. The summed E-state index contributed by atoms with van der Waals surface area (Å²) >= 11 is 5.80. The molecule has 1 N–H and O–H groups in total. The molecule has 2 aromatic carbocycles. The van der Waals surface area contributed by atoms with Crippen LogP contribution in [-0.2, 0) is 11.2 Å². The number of benzene rings is 2. The normalized spacial score (nSPS) is 10.8. The second kappa shape index (κ2) is 6.95. The Morgan fingerprint density at radius 2 is 1.95 bits per heavy atom. The highest BCUT2D eigenvalue weighted by Crippen LogP contribution is 2.26. The van der Waals surface area contributed by atoms with Gasteiger partial charge in [0.2, 0.25) is 0 Å². The molecule has 0 fully saturated rings. The third-order valence-corrected chi connectivity index (χ3v) is 3.21. The average Bonchev–Trinajstić information content (AvgIpc) is 2.48. The Hall–Kier alpha value is -2.26. The number of ether oxygens (including phenoxy) is 1. The number of allylic oxidation sites excluding steroid dienone is 1. The molecule has 2 rings (SSSR count). The number of hydrogen-bond donors (Lipinski definition) is 1. The van der Waals surface area contributed by atoms with Gasteiger partial charge >= 0.3 is 0 Å². The number of phenolic OH excluding ortho intramolecular Hbond substituents is 1. The molecule has 0 aromatic heterocycles. The van der Waals surface area contributed by atoms with E-state index < -0.39 is 0 Å². The molecule has 0 atom stereocenters. The van der Waals surface area contributed by atoms with Crippen molar-refractivity contribution in [3.05, 3.63) is 64.7 Å². The number of aromatic hydroxyl groups is 1. The van der Waals surface area contributed by atoms with Gasteiger partial charge in [-0.05, 0) is 41.5 Å². The fourth-order valence-corrected chi connectivity index (χ4v) is 1.99. The molecule has 4 heteroatoms. The average molecular weight is 303 g/mol. The SMILES string of the molecule is COc1ccc(/C=C/C(=O)Cc2ccc(Cl)cc2)cc1O. The van der Waals surface area contributed by atoms with Crippen molar-refractivity contribution in [3.63, 3.8) is 0 Å². The van der Waals surface area contributed by atoms with Crippen LogP contribution in [0.25, 0.3) is 6.08 Å². The molecule has 0 amide bonds. The molecule has 0 aliphatic heterocycles. The van der Waals surface area contributed by atoms with Crippen molar-refractivity contribution in [2.45, 2.75) is 6.42 Å². The Balaban J connectivity index is 2.01. The van der Waals surface area contributed by atoms with E-state index in [0.717, 1.165) is 11.1 Å². The Bertz CT molecular complexity index is 660. The van der Waals surface area contributed by atoms with Crippen LogP contribution in [0.15, 0.2) is 48.5 Å². The molecule has 2 aromatic rings. The Morgan fingerprint density at radius 1 is 1.24 bits per heavy atom. The van der Waals surface area contributed by atoms with Gasteiger partial charge in [0.25, 0.3) is 0 Å². The van der Waals surface area contributed by atoms with Gasteiger partial charge in [-0.25, -0.2) is 0 Å². The highest BCUT2D eigenvalue weighted by Gasteiger charge is 2.02. The minimum absolute atomic E-state index is 0.0207. The molecule has 0 aliphatic rings. The van der Waals surface area contributed by atoms with Crippen molar-refractivity contribution in [2.75, 3.05) is 7.11 Å². The van der Waals surface area contributed by atoms with Crippen molar-refractivity contribution in [1.29, 1.82) is 0 Å². The van der Waals surface area contributed by atoms with E-state index in [0.29, 0.717) is 17.2 Å².